The number of aryl methyl sites for hydroxylation is 2. The second-order valence-corrected chi connectivity index (χ2v) is 5.89. The van der Waals surface area contributed by atoms with E-state index in [1.165, 1.54) is 12.4 Å². The number of anilines is 1. The number of nitrogens with zero attached hydrogens (tertiary/aromatic N) is 4. The van der Waals surface area contributed by atoms with Crippen molar-refractivity contribution >= 4 is 11.6 Å². The zero-order valence-corrected chi connectivity index (χ0v) is 14.2. The van der Waals surface area contributed by atoms with Crippen LogP contribution in [-0.4, -0.2) is 25.5 Å². The first-order valence-corrected chi connectivity index (χ1v) is 7.97. The Morgan fingerprint density at radius 2 is 1.93 bits per heavy atom. The molecule has 0 unspecified atom stereocenters. The predicted octanol–water partition coefficient (Wildman–Crippen LogP) is 3.02. The van der Waals surface area contributed by atoms with E-state index in [-0.39, 0.29) is 18.4 Å². The van der Waals surface area contributed by atoms with Gasteiger partial charge >= 0.3 is 0 Å². The lowest BCUT2D eigenvalue weighted by atomic mass is 10.2. The maximum atomic E-state index is 13.7. The quantitative estimate of drug-likeness (QED) is 0.406. The van der Waals surface area contributed by atoms with Crippen LogP contribution in [0.25, 0.3) is 0 Å². The SMILES string of the molecule is Cc1ccn(CCC(=O)Nc2cnn(Cc3c(F)cc(F)c(F)c3F)c2)n1. The molecule has 0 saturated heterocycles. The second-order valence-electron chi connectivity index (χ2n) is 5.89. The van der Waals surface area contributed by atoms with Crippen molar-refractivity contribution in [3.05, 3.63) is 65.2 Å². The van der Waals surface area contributed by atoms with E-state index in [0.29, 0.717) is 12.2 Å². The topological polar surface area (TPSA) is 64.7 Å². The van der Waals surface area contributed by atoms with Crippen LogP contribution in [0.2, 0.25) is 0 Å². The number of hydrogen-bond acceptors (Lipinski definition) is 3. The van der Waals surface area contributed by atoms with Gasteiger partial charge in [0.05, 0.1) is 24.1 Å². The van der Waals surface area contributed by atoms with E-state index in [9.17, 15) is 22.4 Å². The highest BCUT2D eigenvalue weighted by molar-refractivity contribution is 5.90. The number of aromatic nitrogens is 4. The highest BCUT2D eigenvalue weighted by atomic mass is 19.2. The predicted molar refractivity (Wildman–Crippen MR) is 87.8 cm³/mol. The molecule has 142 valence electrons. The summed E-state index contributed by atoms with van der Waals surface area (Å²) in [5.41, 5.74) is 0.484. The summed E-state index contributed by atoms with van der Waals surface area (Å²) in [5, 5.41) is 10.6. The first-order valence-electron chi connectivity index (χ1n) is 7.97. The summed E-state index contributed by atoms with van der Waals surface area (Å²) in [7, 11) is 0. The summed E-state index contributed by atoms with van der Waals surface area (Å²) in [5.74, 6) is -6.48. The molecule has 2 aromatic heterocycles. The first kappa shape index (κ1) is 18.6. The maximum absolute atomic E-state index is 13.7. The van der Waals surface area contributed by atoms with E-state index in [0.717, 1.165) is 10.4 Å². The Kier molecular flexibility index (Phi) is 5.24. The van der Waals surface area contributed by atoms with Gasteiger partial charge in [0.15, 0.2) is 17.5 Å². The normalized spacial score (nSPS) is 11.0. The van der Waals surface area contributed by atoms with Crippen LogP contribution >= 0.6 is 0 Å². The van der Waals surface area contributed by atoms with Crippen molar-refractivity contribution in [1.82, 2.24) is 19.6 Å². The zero-order valence-electron chi connectivity index (χ0n) is 14.2. The second kappa shape index (κ2) is 7.60. The molecule has 27 heavy (non-hydrogen) atoms. The van der Waals surface area contributed by atoms with E-state index < -0.39 is 35.4 Å². The lowest BCUT2D eigenvalue weighted by molar-refractivity contribution is -0.116. The molecule has 2 heterocycles. The molecule has 0 atom stereocenters. The third-order valence-electron chi connectivity index (χ3n) is 3.79. The van der Waals surface area contributed by atoms with Crippen LogP contribution in [0, 0.1) is 30.2 Å². The molecule has 1 N–H and O–H groups in total. The minimum Gasteiger partial charge on any atom is -0.323 e. The van der Waals surface area contributed by atoms with Gasteiger partial charge in [-0.25, -0.2) is 17.6 Å². The Bertz CT molecular complexity index is 982. The summed E-state index contributed by atoms with van der Waals surface area (Å²) in [6.07, 6.45) is 4.53. The van der Waals surface area contributed by atoms with Gasteiger partial charge in [0.1, 0.15) is 5.82 Å². The van der Waals surface area contributed by atoms with Gasteiger partial charge in [-0.1, -0.05) is 0 Å². The largest absolute Gasteiger partial charge is 0.323 e. The molecule has 1 aromatic carbocycles. The van der Waals surface area contributed by atoms with Crippen LogP contribution in [0.1, 0.15) is 17.7 Å². The molecular formula is C17H15F4N5O. The fourth-order valence-corrected chi connectivity index (χ4v) is 2.45. The Morgan fingerprint density at radius 3 is 2.63 bits per heavy atom. The number of nitrogens with one attached hydrogen (secondary N) is 1. The number of benzene rings is 1. The smallest absolute Gasteiger partial charge is 0.226 e. The number of hydrogen-bond donors (Lipinski definition) is 1. The maximum Gasteiger partial charge on any atom is 0.226 e. The van der Waals surface area contributed by atoms with Gasteiger partial charge in [-0.05, 0) is 13.0 Å². The average molecular weight is 381 g/mol. The van der Waals surface area contributed by atoms with Crippen LogP contribution < -0.4 is 5.32 Å². The van der Waals surface area contributed by atoms with Gasteiger partial charge in [-0.2, -0.15) is 10.2 Å². The van der Waals surface area contributed by atoms with Gasteiger partial charge in [0, 0.05) is 37.0 Å². The van der Waals surface area contributed by atoms with E-state index >= 15 is 0 Å². The van der Waals surface area contributed by atoms with Gasteiger partial charge in [0.2, 0.25) is 5.91 Å². The third-order valence-corrected chi connectivity index (χ3v) is 3.79. The molecule has 10 heteroatoms. The Hall–Kier alpha value is -3.17. The lowest BCUT2D eigenvalue weighted by Gasteiger charge is -2.07. The van der Waals surface area contributed by atoms with Crippen molar-refractivity contribution < 1.29 is 22.4 Å². The summed E-state index contributed by atoms with van der Waals surface area (Å²) < 4.78 is 56.4. The molecule has 1 amide bonds. The van der Waals surface area contributed by atoms with Gasteiger partial charge in [-0.3, -0.25) is 14.2 Å². The molecule has 0 saturated carbocycles. The molecule has 0 fully saturated rings. The molecule has 3 aromatic rings. The number of carbonyl (C=O) groups is 1. The highest BCUT2D eigenvalue weighted by Gasteiger charge is 2.19. The van der Waals surface area contributed by atoms with Crippen molar-refractivity contribution in [3.63, 3.8) is 0 Å². The lowest BCUT2D eigenvalue weighted by Crippen LogP contribution is -2.14. The van der Waals surface area contributed by atoms with Gasteiger partial charge in [0.25, 0.3) is 0 Å². The number of carbonyl (C=O) groups excluding carboxylic acids is 1. The molecule has 0 aliphatic heterocycles. The van der Waals surface area contributed by atoms with Crippen LogP contribution in [0.15, 0.2) is 30.7 Å². The third kappa shape index (κ3) is 4.33. The van der Waals surface area contributed by atoms with E-state index in [1.54, 1.807) is 10.9 Å². The molecule has 0 aliphatic rings. The van der Waals surface area contributed by atoms with E-state index in [2.05, 4.69) is 15.5 Å². The monoisotopic (exact) mass is 381 g/mol. The van der Waals surface area contributed by atoms with E-state index in [4.69, 9.17) is 0 Å². The minimum atomic E-state index is -1.75. The molecule has 0 spiro atoms. The number of amides is 1. The molecule has 6 nitrogen and oxygen atoms in total. The summed E-state index contributed by atoms with van der Waals surface area (Å²) in [6, 6.07) is 2.09. The minimum absolute atomic E-state index is 0.165. The molecule has 0 radical (unpaired) electrons. The molecular weight excluding hydrogens is 366 g/mol. The Morgan fingerprint density at radius 1 is 1.15 bits per heavy atom. The van der Waals surface area contributed by atoms with Gasteiger partial charge < -0.3 is 5.32 Å². The van der Waals surface area contributed by atoms with Crippen molar-refractivity contribution in [2.75, 3.05) is 5.32 Å². The fourth-order valence-electron chi connectivity index (χ4n) is 2.45. The van der Waals surface area contributed by atoms with Crippen LogP contribution in [-0.2, 0) is 17.9 Å². The fraction of sp³-hybridized carbons (Fsp3) is 0.235. The zero-order chi connectivity index (χ0) is 19.6. The number of rotatable bonds is 6. The van der Waals surface area contributed by atoms with Crippen LogP contribution in [0.3, 0.4) is 0 Å². The molecule has 3 rings (SSSR count). The van der Waals surface area contributed by atoms with Gasteiger partial charge in [-0.15, -0.1) is 0 Å². The summed E-state index contributed by atoms with van der Waals surface area (Å²) in [6.45, 7) is 1.76. The highest BCUT2D eigenvalue weighted by Crippen LogP contribution is 2.20. The van der Waals surface area contributed by atoms with Crippen molar-refractivity contribution in [3.8, 4) is 0 Å². The van der Waals surface area contributed by atoms with Crippen molar-refractivity contribution in [2.24, 2.45) is 0 Å². The Balaban J connectivity index is 1.62. The Labute approximate surface area is 151 Å². The van der Waals surface area contributed by atoms with Crippen LogP contribution in [0.4, 0.5) is 23.2 Å². The molecule has 0 bridgehead atoms. The summed E-state index contributed by atoms with van der Waals surface area (Å²) in [4.78, 5) is 12.0. The molecule has 0 aliphatic carbocycles. The van der Waals surface area contributed by atoms with Crippen molar-refractivity contribution in [2.45, 2.75) is 26.4 Å². The number of halogens is 4. The van der Waals surface area contributed by atoms with Crippen LogP contribution in [0.5, 0.6) is 0 Å². The van der Waals surface area contributed by atoms with E-state index in [1.807, 2.05) is 13.0 Å². The summed E-state index contributed by atoms with van der Waals surface area (Å²) >= 11 is 0. The standard InChI is InChI=1S/C17H15F4N5O/c1-10-2-4-25(24-10)5-3-15(27)23-11-7-22-26(8-11)9-12-13(18)6-14(19)17(21)16(12)20/h2,4,6-8H,3,5,9H2,1H3,(H,23,27). The van der Waals surface area contributed by atoms with Crippen molar-refractivity contribution in [1.29, 1.82) is 0 Å². The first-order chi connectivity index (χ1) is 12.8. The average Bonchev–Trinajstić information content (AvgIpc) is 3.24.